The molecule has 12 heavy (non-hydrogen) atoms. The van der Waals surface area contributed by atoms with Crippen LogP contribution in [0.3, 0.4) is 0 Å². The second-order valence-electron chi connectivity index (χ2n) is 2.53. The molecule has 0 unspecified atom stereocenters. The van der Waals surface area contributed by atoms with E-state index < -0.39 is 11.9 Å². The fourth-order valence-electron chi connectivity index (χ4n) is 0.921. The minimum absolute atomic E-state index is 0.0278. The van der Waals surface area contributed by atoms with Gasteiger partial charge in [0.25, 0.3) is 0 Å². The van der Waals surface area contributed by atoms with Gasteiger partial charge in [-0.1, -0.05) is 0 Å². The highest BCUT2D eigenvalue weighted by Gasteiger charge is 2.12. The molecule has 1 heterocycles. The van der Waals surface area contributed by atoms with Crippen LogP contribution in [0.25, 0.3) is 0 Å². The lowest BCUT2D eigenvalue weighted by Crippen LogP contribution is -2.04. The standard InChI is InChI=1S/C8H8FNO2/c1-4-3-6(8(11)12)5(2)7(9)10-4/h3H,1-2H3,(H,11,12). The van der Waals surface area contributed by atoms with E-state index in [0.29, 0.717) is 5.69 Å². The summed E-state index contributed by atoms with van der Waals surface area (Å²) in [4.78, 5) is 14.0. The van der Waals surface area contributed by atoms with Crippen LogP contribution in [0.2, 0.25) is 0 Å². The first-order valence-electron chi connectivity index (χ1n) is 3.39. The molecule has 1 N–H and O–H groups in total. The summed E-state index contributed by atoms with van der Waals surface area (Å²) in [6, 6.07) is 1.35. The van der Waals surface area contributed by atoms with Crippen molar-refractivity contribution in [3.8, 4) is 0 Å². The second kappa shape index (κ2) is 2.89. The van der Waals surface area contributed by atoms with Crippen LogP contribution in [0.15, 0.2) is 6.07 Å². The monoisotopic (exact) mass is 169 g/mol. The number of hydrogen-bond acceptors (Lipinski definition) is 2. The Bertz CT molecular complexity index is 336. The van der Waals surface area contributed by atoms with Crippen molar-refractivity contribution in [1.29, 1.82) is 0 Å². The van der Waals surface area contributed by atoms with Crippen molar-refractivity contribution in [3.05, 3.63) is 28.8 Å². The van der Waals surface area contributed by atoms with Crippen molar-refractivity contribution in [2.45, 2.75) is 13.8 Å². The highest BCUT2D eigenvalue weighted by molar-refractivity contribution is 5.89. The minimum atomic E-state index is -1.13. The summed E-state index contributed by atoms with van der Waals surface area (Å²) in [5.41, 5.74) is 0.420. The highest BCUT2D eigenvalue weighted by Crippen LogP contribution is 2.11. The zero-order valence-electron chi connectivity index (χ0n) is 6.76. The molecule has 0 aliphatic heterocycles. The number of rotatable bonds is 1. The van der Waals surface area contributed by atoms with Gasteiger partial charge in [-0.3, -0.25) is 0 Å². The van der Waals surface area contributed by atoms with Crippen LogP contribution >= 0.6 is 0 Å². The van der Waals surface area contributed by atoms with Gasteiger partial charge >= 0.3 is 5.97 Å². The van der Waals surface area contributed by atoms with Crippen LogP contribution in [-0.4, -0.2) is 16.1 Å². The third kappa shape index (κ3) is 1.42. The molecule has 1 rings (SSSR count). The number of hydrogen-bond donors (Lipinski definition) is 1. The van der Waals surface area contributed by atoms with Gasteiger partial charge < -0.3 is 5.11 Å². The summed E-state index contributed by atoms with van der Waals surface area (Å²) in [6.45, 7) is 2.94. The van der Waals surface area contributed by atoms with Crippen molar-refractivity contribution < 1.29 is 14.3 Å². The van der Waals surface area contributed by atoms with Gasteiger partial charge in [0.2, 0.25) is 5.95 Å². The number of halogens is 1. The average molecular weight is 169 g/mol. The first kappa shape index (κ1) is 8.64. The molecule has 4 heteroatoms. The predicted octanol–water partition coefficient (Wildman–Crippen LogP) is 1.54. The number of carbonyl (C=O) groups is 1. The van der Waals surface area contributed by atoms with Crippen LogP contribution in [0, 0.1) is 19.8 Å². The quantitative estimate of drug-likeness (QED) is 0.648. The molecule has 0 aromatic carbocycles. The van der Waals surface area contributed by atoms with Gasteiger partial charge in [0, 0.05) is 11.3 Å². The Hall–Kier alpha value is -1.45. The lowest BCUT2D eigenvalue weighted by molar-refractivity contribution is 0.0695. The smallest absolute Gasteiger partial charge is 0.336 e. The molecule has 0 fully saturated rings. The lowest BCUT2D eigenvalue weighted by atomic mass is 10.1. The number of aryl methyl sites for hydroxylation is 1. The molecule has 0 aliphatic rings. The van der Waals surface area contributed by atoms with Gasteiger partial charge in [-0.25, -0.2) is 9.78 Å². The molecule has 1 aromatic rings. The third-order valence-electron chi connectivity index (χ3n) is 1.57. The van der Waals surface area contributed by atoms with E-state index in [1.165, 1.54) is 13.0 Å². The van der Waals surface area contributed by atoms with Crippen molar-refractivity contribution >= 4 is 5.97 Å². The normalized spacial score (nSPS) is 9.92. The zero-order chi connectivity index (χ0) is 9.30. The summed E-state index contributed by atoms with van der Waals surface area (Å²) in [5, 5.41) is 8.62. The Kier molecular flexibility index (Phi) is 2.08. The van der Waals surface area contributed by atoms with Crippen LogP contribution in [0.4, 0.5) is 4.39 Å². The molecule has 0 saturated heterocycles. The van der Waals surface area contributed by atoms with E-state index in [1.807, 2.05) is 0 Å². The van der Waals surface area contributed by atoms with Gasteiger partial charge in [-0.05, 0) is 19.9 Å². The second-order valence-corrected chi connectivity index (χ2v) is 2.53. The maximum atomic E-state index is 12.8. The summed E-state index contributed by atoms with van der Waals surface area (Å²) in [7, 11) is 0. The maximum Gasteiger partial charge on any atom is 0.336 e. The lowest BCUT2D eigenvalue weighted by Gasteiger charge is -2.01. The Morgan fingerprint density at radius 3 is 2.67 bits per heavy atom. The summed E-state index contributed by atoms with van der Waals surface area (Å²) < 4.78 is 12.8. The maximum absolute atomic E-state index is 12.8. The number of carboxylic acid groups (broad SMARTS) is 1. The van der Waals surface area contributed by atoms with Gasteiger partial charge in [0.15, 0.2) is 0 Å². The third-order valence-corrected chi connectivity index (χ3v) is 1.57. The van der Waals surface area contributed by atoms with Crippen molar-refractivity contribution in [1.82, 2.24) is 4.98 Å². The number of aromatic carboxylic acids is 1. The van der Waals surface area contributed by atoms with Crippen molar-refractivity contribution in [2.24, 2.45) is 0 Å². The SMILES string of the molecule is Cc1cc(C(=O)O)c(C)c(F)n1. The number of nitrogens with zero attached hydrogens (tertiary/aromatic N) is 1. The minimum Gasteiger partial charge on any atom is -0.478 e. The van der Waals surface area contributed by atoms with Gasteiger partial charge in [0.1, 0.15) is 0 Å². The highest BCUT2D eigenvalue weighted by atomic mass is 19.1. The molecule has 0 aliphatic carbocycles. The summed E-state index contributed by atoms with van der Waals surface area (Å²) in [5.74, 6) is -1.84. The summed E-state index contributed by atoms with van der Waals surface area (Å²) in [6.07, 6.45) is 0. The van der Waals surface area contributed by atoms with Gasteiger partial charge in [-0.15, -0.1) is 0 Å². The molecule has 3 nitrogen and oxygen atoms in total. The van der Waals surface area contributed by atoms with Crippen molar-refractivity contribution in [3.63, 3.8) is 0 Å². The molecule has 0 amide bonds. The van der Waals surface area contributed by atoms with Crippen LogP contribution in [0.1, 0.15) is 21.6 Å². The Morgan fingerprint density at radius 2 is 2.17 bits per heavy atom. The molecule has 0 atom stereocenters. The molecule has 1 aromatic heterocycles. The van der Waals surface area contributed by atoms with Crippen LogP contribution < -0.4 is 0 Å². The molecule has 0 bridgehead atoms. The van der Waals surface area contributed by atoms with E-state index in [2.05, 4.69) is 4.98 Å². The molecule has 64 valence electrons. The van der Waals surface area contributed by atoms with E-state index >= 15 is 0 Å². The van der Waals surface area contributed by atoms with Gasteiger partial charge in [-0.2, -0.15) is 4.39 Å². The van der Waals surface area contributed by atoms with Crippen LogP contribution in [-0.2, 0) is 0 Å². The first-order valence-corrected chi connectivity index (χ1v) is 3.39. The largest absolute Gasteiger partial charge is 0.478 e. The van der Waals surface area contributed by atoms with E-state index in [9.17, 15) is 9.18 Å². The molecular formula is C8H8FNO2. The molecule has 0 radical (unpaired) electrons. The zero-order valence-corrected chi connectivity index (χ0v) is 6.76. The topological polar surface area (TPSA) is 50.2 Å². The first-order chi connectivity index (χ1) is 5.52. The van der Waals surface area contributed by atoms with E-state index in [4.69, 9.17) is 5.11 Å². The molecule has 0 spiro atoms. The fraction of sp³-hybridized carbons (Fsp3) is 0.250. The van der Waals surface area contributed by atoms with E-state index in [0.717, 1.165) is 0 Å². The number of carboxylic acids is 1. The number of aromatic nitrogens is 1. The Labute approximate surface area is 68.9 Å². The fourth-order valence-corrected chi connectivity index (χ4v) is 0.921. The van der Waals surface area contributed by atoms with Crippen LogP contribution in [0.5, 0.6) is 0 Å². The average Bonchev–Trinajstić information content (AvgIpc) is 1.96. The Balaban J connectivity index is 3.37. The predicted molar refractivity (Wildman–Crippen MR) is 40.6 cm³/mol. The van der Waals surface area contributed by atoms with Crippen molar-refractivity contribution in [2.75, 3.05) is 0 Å². The van der Waals surface area contributed by atoms with E-state index in [-0.39, 0.29) is 11.1 Å². The molecular weight excluding hydrogens is 161 g/mol. The van der Waals surface area contributed by atoms with E-state index in [1.54, 1.807) is 6.92 Å². The number of pyridine rings is 1. The Morgan fingerprint density at radius 1 is 1.58 bits per heavy atom. The summed E-state index contributed by atoms with van der Waals surface area (Å²) >= 11 is 0. The molecule has 0 saturated carbocycles. The van der Waals surface area contributed by atoms with Gasteiger partial charge in [0.05, 0.1) is 5.56 Å².